The number of carbonyl (C=O) groups is 1. The largest absolute Gasteiger partial charge is 0.428 e. The van der Waals surface area contributed by atoms with E-state index in [1.807, 2.05) is 32.0 Å². The van der Waals surface area contributed by atoms with Gasteiger partial charge in [0.2, 0.25) is 0 Å². The Morgan fingerprint density at radius 3 is 1.77 bits per heavy atom. The van der Waals surface area contributed by atoms with Gasteiger partial charge < -0.3 is 4.74 Å². The summed E-state index contributed by atoms with van der Waals surface area (Å²) in [5.74, 6) is 0.776. The molecule has 2 saturated heterocycles. The molecule has 2 aliphatic rings. The van der Waals surface area contributed by atoms with Crippen LogP contribution in [0.25, 0.3) is 0 Å². The monoisotopic (exact) mass is 472 g/mol. The minimum Gasteiger partial charge on any atom is -0.428 e. The summed E-state index contributed by atoms with van der Waals surface area (Å²) in [7, 11) is 0. The van der Waals surface area contributed by atoms with Crippen molar-refractivity contribution in [2.75, 3.05) is 19.8 Å². The van der Waals surface area contributed by atoms with E-state index in [1.54, 1.807) is 4.90 Å². The van der Waals surface area contributed by atoms with E-state index in [1.165, 1.54) is 48.2 Å². The maximum absolute atomic E-state index is 11.2. The molecule has 35 heavy (non-hydrogen) atoms. The van der Waals surface area contributed by atoms with Gasteiger partial charge in [-0.05, 0) is 61.9 Å². The molecule has 5 rings (SSSR count). The second kappa shape index (κ2) is 14.3. The zero-order valence-electron chi connectivity index (χ0n) is 21.5. The molecule has 2 fully saturated rings. The van der Waals surface area contributed by atoms with E-state index in [0.717, 1.165) is 18.9 Å². The fourth-order valence-electron chi connectivity index (χ4n) is 4.38. The van der Waals surface area contributed by atoms with Gasteiger partial charge in [0.15, 0.2) is 6.73 Å². The molecule has 4 heteroatoms. The number of nitrogens with zero attached hydrogens (tertiary/aromatic N) is 2. The van der Waals surface area contributed by atoms with E-state index < -0.39 is 0 Å². The minimum absolute atomic E-state index is 0.212. The van der Waals surface area contributed by atoms with Gasteiger partial charge in [-0.25, -0.2) is 4.79 Å². The third-order valence-electron chi connectivity index (χ3n) is 6.42. The van der Waals surface area contributed by atoms with Gasteiger partial charge >= 0.3 is 6.09 Å². The fraction of sp³-hybridized carbons (Fsp3) is 0.387. The Hall–Kier alpha value is -3.11. The van der Waals surface area contributed by atoms with Gasteiger partial charge in [0.25, 0.3) is 0 Å². The lowest BCUT2D eigenvalue weighted by atomic mass is 9.89. The average molecular weight is 473 g/mol. The molecule has 3 aromatic carbocycles. The van der Waals surface area contributed by atoms with E-state index in [2.05, 4.69) is 78.6 Å². The van der Waals surface area contributed by atoms with Crippen LogP contribution in [0.3, 0.4) is 0 Å². The highest BCUT2D eigenvalue weighted by Crippen LogP contribution is 2.23. The van der Waals surface area contributed by atoms with Gasteiger partial charge in [0.05, 0.1) is 6.54 Å². The standard InChI is InChI=1S/C22H26N2O2.C7H8.C2H6/c25-22-24(17-26-22)16-21-8-6-18(7-9-21)14-19-10-12-23(13-11-19)15-20-4-2-1-3-5-20;1-7-5-3-2-4-6-7;1-2/h1-9,19H,10-17H2;2-6H,1H3;1-2H3. The summed E-state index contributed by atoms with van der Waals surface area (Å²) >= 11 is 0. The lowest BCUT2D eigenvalue weighted by Gasteiger charge is -2.32. The first-order chi connectivity index (χ1) is 17.2. The van der Waals surface area contributed by atoms with Crippen LogP contribution in [0, 0.1) is 12.8 Å². The van der Waals surface area contributed by atoms with E-state index in [0.29, 0.717) is 13.3 Å². The number of hydrogen-bond donors (Lipinski definition) is 0. The van der Waals surface area contributed by atoms with Crippen molar-refractivity contribution in [3.05, 3.63) is 107 Å². The summed E-state index contributed by atoms with van der Waals surface area (Å²) in [6, 6.07) is 29.7. The molecule has 0 unspecified atom stereocenters. The number of cyclic esters (lactones) is 1. The van der Waals surface area contributed by atoms with Crippen LogP contribution in [0.1, 0.15) is 48.9 Å². The van der Waals surface area contributed by atoms with Crippen LogP contribution >= 0.6 is 0 Å². The van der Waals surface area contributed by atoms with Crippen molar-refractivity contribution >= 4 is 6.09 Å². The van der Waals surface area contributed by atoms with Crippen molar-refractivity contribution in [3.8, 4) is 0 Å². The third-order valence-corrected chi connectivity index (χ3v) is 6.42. The molecule has 0 N–H and O–H groups in total. The summed E-state index contributed by atoms with van der Waals surface area (Å²) in [4.78, 5) is 15.5. The Kier molecular flexibility index (Phi) is 10.8. The van der Waals surface area contributed by atoms with Crippen molar-refractivity contribution in [3.63, 3.8) is 0 Å². The SMILES string of the molecule is CC.Cc1ccccc1.O=C1OCN1Cc1ccc(CC2CCN(Cc3ccccc3)CC2)cc1. The Bertz CT molecular complexity index is 982. The van der Waals surface area contributed by atoms with Crippen molar-refractivity contribution in [2.45, 2.75) is 53.1 Å². The van der Waals surface area contributed by atoms with Crippen molar-refractivity contribution in [1.29, 1.82) is 0 Å². The second-order valence-corrected chi connectivity index (χ2v) is 9.12. The number of ether oxygens (including phenoxy) is 1. The molecule has 1 amide bonds. The van der Waals surface area contributed by atoms with Crippen LogP contribution in [-0.4, -0.2) is 35.7 Å². The molecule has 0 atom stereocenters. The predicted molar refractivity (Wildman–Crippen MR) is 144 cm³/mol. The first kappa shape index (κ1) is 26.5. The Morgan fingerprint density at radius 1 is 0.743 bits per heavy atom. The van der Waals surface area contributed by atoms with Crippen LogP contribution in [0.15, 0.2) is 84.9 Å². The van der Waals surface area contributed by atoms with Crippen molar-refractivity contribution < 1.29 is 9.53 Å². The fourth-order valence-corrected chi connectivity index (χ4v) is 4.38. The summed E-state index contributed by atoms with van der Waals surface area (Å²) in [6.07, 6.45) is 3.49. The molecule has 3 aromatic rings. The first-order valence-electron chi connectivity index (χ1n) is 12.9. The summed E-state index contributed by atoms with van der Waals surface area (Å²) < 4.78 is 4.77. The third kappa shape index (κ3) is 8.88. The smallest absolute Gasteiger partial charge is 0.414 e. The predicted octanol–water partition coefficient (Wildman–Crippen LogP) is 7.07. The van der Waals surface area contributed by atoms with Gasteiger partial charge in [0.1, 0.15) is 0 Å². The Morgan fingerprint density at radius 2 is 1.29 bits per heavy atom. The molecule has 0 radical (unpaired) electrons. The maximum atomic E-state index is 11.2. The summed E-state index contributed by atoms with van der Waals surface area (Å²) in [5.41, 5.74) is 5.31. The highest BCUT2D eigenvalue weighted by atomic mass is 16.6. The molecule has 0 aliphatic carbocycles. The van der Waals surface area contributed by atoms with Crippen LogP contribution in [0.2, 0.25) is 0 Å². The minimum atomic E-state index is -0.212. The zero-order chi connectivity index (χ0) is 24.9. The molecule has 2 heterocycles. The second-order valence-electron chi connectivity index (χ2n) is 9.12. The van der Waals surface area contributed by atoms with Crippen molar-refractivity contribution in [2.24, 2.45) is 5.92 Å². The van der Waals surface area contributed by atoms with Crippen LogP contribution in [-0.2, 0) is 24.2 Å². The molecule has 4 nitrogen and oxygen atoms in total. The Balaban J connectivity index is 0.000000324. The topological polar surface area (TPSA) is 32.8 Å². The molecular weight excluding hydrogens is 432 g/mol. The van der Waals surface area contributed by atoms with Crippen molar-refractivity contribution in [1.82, 2.24) is 9.80 Å². The molecule has 0 saturated carbocycles. The van der Waals surface area contributed by atoms with E-state index in [4.69, 9.17) is 4.74 Å². The Labute approximate surface area is 211 Å². The van der Waals surface area contributed by atoms with Crippen LogP contribution in [0.4, 0.5) is 4.79 Å². The average Bonchev–Trinajstić information content (AvgIpc) is 2.91. The van der Waals surface area contributed by atoms with E-state index >= 15 is 0 Å². The zero-order valence-corrected chi connectivity index (χ0v) is 21.5. The molecule has 0 aromatic heterocycles. The van der Waals surface area contributed by atoms with Crippen LogP contribution < -0.4 is 0 Å². The lowest BCUT2D eigenvalue weighted by Crippen LogP contribution is -2.44. The van der Waals surface area contributed by atoms with Gasteiger partial charge in [-0.15, -0.1) is 0 Å². The molecule has 186 valence electrons. The maximum Gasteiger partial charge on any atom is 0.414 e. The number of piperidine rings is 1. The van der Waals surface area contributed by atoms with Gasteiger partial charge in [-0.1, -0.05) is 104 Å². The number of carbonyl (C=O) groups excluding carboxylic acids is 1. The molecule has 0 spiro atoms. The number of benzene rings is 3. The van der Waals surface area contributed by atoms with E-state index in [9.17, 15) is 4.79 Å². The summed E-state index contributed by atoms with van der Waals surface area (Å²) in [6.45, 7) is 10.6. The van der Waals surface area contributed by atoms with E-state index in [-0.39, 0.29) is 6.09 Å². The first-order valence-corrected chi connectivity index (χ1v) is 12.9. The number of likely N-dealkylation sites (tertiary alicyclic amines) is 1. The molecule has 0 bridgehead atoms. The normalized spacial score (nSPS) is 15.6. The van der Waals surface area contributed by atoms with Gasteiger partial charge in [0, 0.05) is 6.54 Å². The lowest BCUT2D eigenvalue weighted by molar-refractivity contribution is -0.0246. The van der Waals surface area contributed by atoms with Gasteiger partial charge in [-0.3, -0.25) is 9.80 Å². The number of aryl methyl sites for hydroxylation is 1. The summed E-state index contributed by atoms with van der Waals surface area (Å²) in [5, 5.41) is 0. The quantitative estimate of drug-likeness (QED) is 0.384. The number of rotatable bonds is 6. The molecular formula is C31H40N2O2. The number of amides is 1. The van der Waals surface area contributed by atoms with Gasteiger partial charge in [-0.2, -0.15) is 0 Å². The molecule has 2 aliphatic heterocycles. The highest BCUT2D eigenvalue weighted by molar-refractivity contribution is 5.71. The highest BCUT2D eigenvalue weighted by Gasteiger charge is 2.25. The number of hydrogen-bond acceptors (Lipinski definition) is 3. The van der Waals surface area contributed by atoms with Crippen LogP contribution in [0.5, 0.6) is 0 Å².